The normalized spacial score (nSPS) is 11.3. The number of carbonyl (C=O) groups excluding carboxylic acids is 1. The summed E-state index contributed by atoms with van der Waals surface area (Å²) >= 11 is 1.56. The van der Waals surface area contributed by atoms with Gasteiger partial charge in [-0.15, -0.1) is 11.3 Å². The first-order chi connectivity index (χ1) is 8.75. The standard InChI is InChI=1S/C13H13N3OS/c1-10(11-4-6-14-7-5-11)15-16-13(17)9-12-3-2-8-18-12/h2-8H,9H2,1H3,(H,16,17)/b15-10+. The number of amides is 1. The molecule has 0 aromatic carbocycles. The third-order valence-corrected chi connectivity index (χ3v) is 3.24. The molecule has 92 valence electrons. The lowest BCUT2D eigenvalue weighted by Gasteiger charge is -2.01. The van der Waals surface area contributed by atoms with Gasteiger partial charge in [-0.1, -0.05) is 6.07 Å². The number of hydrogen-bond donors (Lipinski definition) is 1. The van der Waals surface area contributed by atoms with E-state index in [1.807, 2.05) is 36.6 Å². The van der Waals surface area contributed by atoms with E-state index in [1.54, 1.807) is 23.7 Å². The van der Waals surface area contributed by atoms with Gasteiger partial charge in [-0.05, 0) is 30.5 Å². The molecule has 0 saturated heterocycles. The van der Waals surface area contributed by atoms with Crippen molar-refractivity contribution >= 4 is 23.0 Å². The Labute approximate surface area is 109 Å². The molecule has 2 aromatic rings. The Morgan fingerprint density at radius 2 is 2.17 bits per heavy atom. The number of nitrogens with zero attached hydrogens (tertiary/aromatic N) is 2. The van der Waals surface area contributed by atoms with Crippen LogP contribution in [0.2, 0.25) is 0 Å². The minimum Gasteiger partial charge on any atom is -0.273 e. The van der Waals surface area contributed by atoms with E-state index in [4.69, 9.17) is 0 Å². The third-order valence-electron chi connectivity index (χ3n) is 2.36. The monoisotopic (exact) mass is 259 g/mol. The SMILES string of the molecule is C/C(=N\NC(=O)Cc1cccs1)c1ccncc1. The van der Waals surface area contributed by atoms with Crippen molar-refractivity contribution < 1.29 is 4.79 Å². The van der Waals surface area contributed by atoms with Crippen LogP contribution >= 0.6 is 11.3 Å². The quantitative estimate of drug-likeness (QED) is 0.676. The zero-order valence-electron chi connectivity index (χ0n) is 9.96. The van der Waals surface area contributed by atoms with Gasteiger partial charge in [0.25, 0.3) is 0 Å². The van der Waals surface area contributed by atoms with Crippen LogP contribution in [0.15, 0.2) is 47.1 Å². The van der Waals surface area contributed by atoms with Gasteiger partial charge in [0.1, 0.15) is 0 Å². The number of aromatic nitrogens is 1. The van der Waals surface area contributed by atoms with E-state index >= 15 is 0 Å². The molecule has 0 aliphatic carbocycles. The molecule has 1 N–H and O–H groups in total. The lowest BCUT2D eigenvalue weighted by atomic mass is 10.2. The highest BCUT2D eigenvalue weighted by atomic mass is 32.1. The third kappa shape index (κ3) is 3.49. The molecule has 5 heteroatoms. The summed E-state index contributed by atoms with van der Waals surface area (Å²) in [7, 11) is 0. The van der Waals surface area contributed by atoms with Crippen LogP contribution in [-0.2, 0) is 11.2 Å². The van der Waals surface area contributed by atoms with Crippen molar-refractivity contribution in [2.45, 2.75) is 13.3 Å². The van der Waals surface area contributed by atoms with Gasteiger partial charge in [0, 0.05) is 22.8 Å². The Kier molecular flexibility index (Phi) is 4.20. The summed E-state index contributed by atoms with van der Waals surface area (Å²) in [5, 5.41) is 6.02. The van der Waals surface area contributed by atoms with Gasteiger partial charge in [0.05, 0.1) is 12.1 Å². The first kappa shape index (κ1) is 12.4. The summed E-state index contributed by atoms with van der Waals surface area (Å²) in [6.45, 7) is 1.85. The Balaban J connectivity index is 1.92. The number of hydrogen-bond acceptors (Lipinski definition) is 4. The predicted molar refractivity (Wildman–Crippen MR) is 72.6 cm³/mol. The number of thiophene rings is 1. The fourth-order valence-electron chi connectivity index (χ4n) is 1.41. The van der Waals surface area contributed by atoms with Gasteiger partial charge < -0.3 is 0 Å². The van der Waals surface area contributed by atoms with Crippen molar-refractivity contribution in [3.05, 3.63) is 52.5 Å². The molecule has 0 aliphatic rings. The Morgan fingerprint density at radius 3 is 2.83 bits per heavy atom. The van der Waals surface area contributed by atoms with Gasteiger partial charge >= 0.3 is 0 Å². The summed E-state index contributed by atoms with van der Waals surface area (Å²) in [4.78, 5) is 16.6. The van der Waals surface area contributed by atoms with Crippen LogP contribution in [0.4, 0.5) is 0 Å². The summed E-state index contributed by atoms with van der Waals surface area (Å²) in [6.07, 6.45) is 3.76. The van der Waals surface area contributed by atoms with Crippen LogP contribution < -0.4 is 5.43 Å². The molecule has 0 saturated carbocycles. The first-order valence-corrected chi connectivity index (χ1v) is 6.39. The van der Waals surface area contributed by atoms with Crippen molar-refractivity contribution in [3.8, 4) is 0 Å². The van der Waals surface area contributed by atoms with Crippen molar-refractivity contribution in [1.29, 1.82) is 0 Å². The summed E-state index contributed by atoms with van der Waals surface area (Å²) in [5.41, 5.74) is 4.26. The molecular weight excluding hydrogens is 246 g/mol. The second-order valence-corrected chi connectivity index (χ2v) is 4.76. The number of pyridine rings is 1. The summed E-state index contributed by atoms with van der Waals surface area (Å²) < 4.78 is 0. The molecule has 0 radical (unpaired) electrons. The second-order valence-electron chi connectivity index (χ2n) is 3.72. The summed E-state index contributed by atoms with van der Waals surface area (Å²) in [6, 6.07) is 7.57. The minimum absolute atomic E-state index is 0.106. The van der Waals surface area contributed by atoms with Crippen LogP contribution in [-0.4, -0.2) is 16.6 Å². The van der Waals surface area contributed by atoms with Crippen molar-refractivity contribution in [2.24, 2.45) is 5.10 Å². The average molecular weight is 259 g/mol. The molecular formula is C13H13N3OS. The van der Waals surface area contributed by atoms with Crippen LogP contribution in [0, 0.1) is 0 Å². The molecule has 2 heterocycles. The fourth-order valence-corrected chi connectivity index (χ4v) is 2.12. The summed E-state index contributed by atoms with van der Waals surface area (Å²) in [5.74, 6) is -0.106. The largest absolute Gasteiger partial charge is 0.273 e. The van der Waals surface area contributed by atoms with Gasteiger partial charge in [-0.2, -0.15) is 5.10 Å². The van der Waals surface area contributed by atoms with Gasteiger partial charge in [0.15, 0.2) is 0 Å². The molecule has 2 rings (SSSR count). The molecule has 2 aromatic heterocycles. The molecule has 0 bridgehead atoms. The molecule has 0 fully saturated rings. The molecule has 18 heavy (non-hydrogen) atoms. The van der Waals surface area contributed by atoms with E-state index in [-0.39, 0.29) is 5.91 Å². The molecule has 0 atom stereocenters. The molecule has 0 unspecified atom stereocenters. The van der Waals surface area contributed by atoms with E-state index in [2.05, 4.69) is 15.5 Å². The fraction of sp³-hybridized carbons (Fsp3) is 0.154. The van der Waals surface area contributed by atoms with Gasteiger partial charge in [-0.25, -0.2) is 5.43 Å². The van der Waals surface area contributed by atoms with Gasteiger partial charge in [-0.3, -0.25) is 9.78 Å². The molecule has 4 nitrogen and oxygen atoms in total. The molecule has 0 aliphatic heterocycles. The number of nitrogens with one attached hydrogen (secondary N) is 1. The predicted octanol–water partition coefficient (Wildman–Crippen LogP) is 2.23. The lowest BCUT2D eigenvalue weighted by molar-refractivity contribution is -0.120. The Bertz CT molecular complexity index is 535. The molecule has 0 spiro atoms. The highest BCUT2D eigenvalue weighted by Crippen LogP contribution is 2.08. The maximum absolute atomic E-state index is 11.6. The highest BCUT2D eigenvalue weighted by molar-refractivity contribution is 7.10. The number of hydrazone groups is 1. The van der Waals surface area contributed by atoms with Crippen LogP contribution in [0.5, 0.6) is 0 Å². The maximum atomic E-state index is 11.6. The zero-order valence-corrected chi connectivity index (χ0v) is 10.8. The number of carbonyl (C=O) groups is 1. The van der Waals surface area contributed by atoms with E-state index < -0.39 is 0 Å². The second kappa shape index (κ2) is 6.07. The van der Waals surface area contributed by atoms with Crippen molar-refractivity contribution in [2.75, 3.05) is 0 Å². The zero-order chi connectivity index (χ0) is 12.8. The van der Waals surface area contributed by atoms with E-state index in [0.29, 0.717) is 6.42 Å². The van der Waals surface area contributed by atoms with Crippen LogP contribution in [0.1, 0.15) is 17.4 Å². The van der Waals surface area contributed by atoms with E-state index in [9.17, 15) is 4.79 Å². The van der Waals surface area contributed by atoms with Crippen LogP contribution in [0.25, 0.3) is 0 Å². The van der Waals surface area contributed by atoms with E-state index in [1.165, 1.54) is 0 Å². The smallest absolute Gasteiger partial charge is 0.245 e. The molecule has 1 amide bonds. The van der Waals surface area contributed by atoms with E-state index in [0.717, 1.165) is 16.2 Å². The average Bonchev–Trinajstić information content (AvgIpc) is 2.90. The van der Waals surface area contributed by atoms with Crippen LogP contribution in [0.3, 0.4) is 0 Å². The first-order valence-electron chi connectivity index (χ1n) is 5.51. The Morgan fingerprint density at radius 1 is 1.39 bits per heavy atom. The minimum atomic E-state index is -0.106. The topological polar surface area (TPSA) is 54.4 Å². The number of rotatable bonds is 4. The highest BCUT2D eigenvalue weighted by Gasteiger charge is 2.03. The van der Waals surface area contributed by atoms with Crippen molar-refractivity contribution in [3.63, 3.8) is 0 Å². The van der Waals surface area contributed by atoms with Crippen molar-refractivity contribution in [1.82, 2.24) is 10.4 Å². The lowest BCUT2D eigenvalue weighted by Crippen LogP contribution is -2.20. The van der Waals surface area contributed by atoms with Gasteiger partial charge in [0.2, 0.25) is 5.91 Å². The Hall–Kier alpha value is -2.01. The maximum Gasteiger partial charge on any atom is 0.245 e.